The van der Waals surface area contributed by atoms with Crippen LogP contribution in [0, 0.1) is 12.3 Å². The van der Waals surface area contributed by atoms with Gasteiger partial charge in [-0.3, -0.25) is 0 Å². The summed E-state index contributed by atoms with van der Waals surface area (Å²) in [5.74, 6) is 3.30. The fourth-order valence-electron chi connectivity index (χ4n) is 1.00. The number of ether oxygens (including phenoxy) is 1. The monoisotopic (exact) mass is 221 g/mol. The first-order valence-electron chi connectivity index (χ1n) is 5.10. The highest BCUT2D eigenvalue weighted by Gasteiger charge is 2.05. The van der Waals surface area contributed by atoms with Crippen LogP contribution in [0.1, 0.15) is 13.8 Å². The van der Waals surface area contributed by atoms with Gasteiger partial charge in [0.2, 0.25) is 11.9 Å². The van der Waals surface area contributed by atoms with Gasteiger partial charge in [-0.25, -0.2) is 0 Å². The zero-order chi connectivity index (χ0) is 11.8. The summed E-state index contributed by atoms with van der Waals surface area (Å²) in [7, 11) is 0. The normalized spacial score (nSPS) is 9.31. The van der Waals surface area contributed by atoms with Crippen LogP contribution >= 0.6 is 0 Å². The molecule has 16 heavy (non-hydrogen) atoms. The number of nitrogens with zero attached hydrogens (tertiary/aromatic N) is 3. The summed E-state index contributed by atoms with van der Waals surface area (Å²) in [5, 5.41) is 5.98. The quantitative estimate of drug-likeness (QED) is 0.691. The van der Waals surface area contributed by atoms with Gasteiger partial charge in [-0.1, -0.05) is 5.92 Å². The first kappa shape index (κ1) is 12.0. The van der Waals surface area contributed by atoms with Crippen LogP contribution in [0.25, 0.3) is 0 Å². The number of anilines is 2. The van der Waals surface area contributed by atoms with Gasteiger partial charge < -0.3 is 15.4 Å². The van der Waals surface area contributed by atoms with Gasteiger partial charge >= 0.3 is 6.01 Å². The maximum absolute atomic E-state index is 5.15. The summed E-state index contributed by atoms with van der Waals surface area (Å²) in [6.45, 7) is 5.51. The van der Waals surface area contributed by atoms with Crippen molar-refractivity contribution in [1.29, 1.82) is 0 Å². The van der Waals surface area contributed by atoms with E-state index in [1.54, 1.807) is 0 Å². The van der Waals surface area contributed by atoms with Gasteiger partial charge in [-0.15, -0.1) is 6.42 Å². The summed E-state index contributed by atoms with van der Waals surface area (Å²) in [4.78, 5) is 12.2. The molecule has 0 bridgehead atoms. The largest absolute Gasteiger partial charge is 0.450 e. The van der Waals surface area contributed by atoms with Gasteiger partial charge in [0.15, 0.2) is 6.61 Å². The third-order valence-corrected chi connectivity index (χ3v) is 1.57. The van der Waals surface area contributed by atoms with Crippen LogP contribution in [-0.2, 0) is 0 Å². The van der Waals surface area contributed by atoms with E-state index in [4.69, 9.17) is 11.2 Å². The molecule has 86 valence electrons. The molecule has 0 amide bonds. The predicted octanol–water partition coefficient (Wildman–Crippen LogP) is 0.747. The van der Waals surface area contributed by atoms with E-state index < -0.39 is 0 Å². The number of aromatic nitrogens is 3. The lowest BCUT2D eigenvalue weighted by Gasteiger charge is -2.07. The van der Waals surface area contributed by atoms with Crippen molar-refractivity contribution < 1.29 is 4.74 Å². The molecule has 0 aliphatic carbocycles. The zero-order valence-electron chi connectivity index (χ0n) is 9.45. The van der Waals surface area contributed by atoms with E-state index in [0.29, 0.717) is 11.9 Å². The highest BCUT2D eigenvalue weighted by atomic mass is 16.5. The lowest BCUT2D eigenvalue weighted by atomic mass is 10.7. The molecule has 0 aliphatic rings. The van der Waals surface area contributed by atoms with Crippen LogP contribution < -0.4 is 15.4 Å². The Labute approximate surface area is 94.9 Å². The minimum Gasteiger partial charge on any atom is -0.450 e. The maximum atomic E-state index is 5.15. The van der Waals surface area contributed by atoms with Gasteiger partial charge in [0.1, 0.15) is 0 Å². The average Bonchev–Trinajstić information content (AvgIpc) is 2.27. The van der Waals surface area contributed by atoms with E-state index in [1.807, 2.05) is 13.8 Å². The van der Waals surface area contributed by atoms with Crippen LogP contribution in [0.2, 0.25) is 0 Å². The third-order valence-electron chi connectivity index (χ3n) is 1.57. The van der Waals surface area contributed by atoms with Crippen molar-refractivity contribution in [2.75, 3.05) is 30.3 Å². The van der Waals surface area contributed by atoms with Crippen molar-refractivity contribution in [3.8, 4) is 18.4 Å². The van der Waals surface area contributed by atoms with Gasteiger partial charge in [-0.05, 0) is 13.8 Å². The maximum Gasteiger partial charge on any atom is 0.324 e. The fourth-order valence-corrected chi connectivity index (χ4v) is 1.00. The molecule has 1 rings (SSSR count). The summed E-state index contributed by atoms with van der Waals surface area (Å²) >= 11 is 0. The average molecular weight is 221 g/mol. The number of hydrogen-bond acceptors (Lipinski definition) is 6. The first-order valence-corrected chi connectivity index (χ1v) is 5.10. The Morgan fingerprint density at radius 2 is 1.69 bits per heavy atom. The standard InChI is InChI=1S/C10H15N5O/c1-4-7-16-10-14-8(11-5-2)13-9(15-10)12-6-3/h1H,5-7H2,2-3H3,(H2,11,12,13,14,15). The Morgan fingerprint density at radius 1 is 1.12 bits per heavy atom. The highest BCUT2D eigenvalue weighted by Crippen LogP contribution is 2.10. The molecule has 0 fully saturated rings. The summed E-state index contributed by atoms with van der Waals surface area (Å²) < 4.78 is 5.15. The second kappa shape index (κ2) is 6.45. The van der Waals surface area contributed by atoms with E-state index in [9.17, 15) is 0 Å². The third kappa shape index (κ3) is 3.61. The Hall–Kier alpha value is -2.03. The highest BCUT2D eigenvalue weighted by molar-refractivity contribution is 5.35. The van der Waals surface area contributed by atoms with E-state index in [-0.39, 0.29) is 12.6 Å². The van der Waals surface area contributed by atoms with Crippen LogP contribution in [0.4, 0.5) is 11.9 Å². The molecule has 6 heteroatoms. The second-order valence-corrected chi connectivity index (χ2v) is 2.82. The summed E-state index contributed by atoms with van der Waals surface area (Å²) in [5.41, 5.74) is 0. The molecule has 0 atom stereocenters. The molecule has 1 aromatic heterocycles. The molecule has 0 aromatic carbocycles. The van der Waals surface area contributed by atoms with Gasteiger partial charge in [0, 0.05) is 13.1 Å². The summed E-state index contributed by atoms with van der Waals surface area (Å²) in [6, 6.07) is 0.222. The van der Waals surface area contributed by atoms with E-state index in [0.717, 1.165) is 13.1 Å². The van der Waals surface area contributed by atoms with E-state index >= 15 is 0 Å². The lowest BCUT2D eigenvalue weighted by Crippen LogP contribution is -2.10. The Balaban J connectivity index is 2.85. The van der Waals surface area contributed by atoms with Crippen molar-refractivity contribution in [2.45, 2.75) is 13.8 Å². The number of hydrogen-bond donors (Lipinski definition) is 2. The predicted molar refractivity (Wildman–Crippen MR) is 62.5 cm³/mol. The molecule has 6 nitrogen and oxygen atoms in total. The minimum absolute atomic E-state index is 0.140. The molecule has 1 aromatic rings. The second-order valence-electron chi connectivity index (χ2n) is 2.82. The van der Waals surface area contributed by atoms with Crippen LogP contribution in [0.15, 0.2) is 0 Å². The minimum atomic E-state index is 0.140. The molecule has 0 spiro atoms. The molecule has 1 heterocycles. The van der Waals surface area contributed by atoms with Crippen molar-refractivity contribution in [3.63, 3.8) is 0 Å². The number of nitrogens with one attached hydrogen (secondary N) is 2. The van der Waals surface area contributed by atoms with Crippen molar-refractivity contribution in [3.05, 3.63) is 0 Å². The first-order chi connectivity index (χ1) is 7.80. The van der Waals surface area contributed by atoms with Crippen LogP contribution in [-0.4, -0.2) is 34.6 Å². The molecule has 0 radical (unpaired) electrons. The molecular formula is C10H15N5O. The SMILES string of the molecule is C#CCOc1nc(NCC)nc(NCC)n1. The molecular weight excluding hydrogens is 206 g/mol. The molecule has 0 saturated carbocycles. The zero-order valence-corrected chi connectivity index (χ0v) is 9.45. The lowest BCUT2D eigenvalue weighted by molar-refractivity contribution is 0.339. The molecule has 2 N–H and O–H groups in total. The molecule has 0 saturated heterocycles. The number of rotatable bonds is 6. The van der Waals surface area contributed by atoms with E-state index in [2.05, 4.69) is 31.5 Å². The Morgan fingerprint density at radius 3 is 2.12 bits per heavy atom. The van der Waals surface area contributed by atoms with Gasteiger partial charge in [0.25, 0.3) is 0 Å². The van der Waals surface area contributed by atoms with Gasteiger partial charge in [0.05, 0.1) is 0 Å². The topological polar surface area (TPSA) is 72.0 Å². The molecule has 0 aliphatic heterocycles. The van der Waals surface area contributed by atoms with Gasteiger partial charge in [-0.2, -0.15) is 15.0 Å². The Kier molecular flexibility index (Phi) is 4.86. The Bertz CT molecular complexity index is 350. The van der Waals surface area contributed by atoms with Crippen molar-refractivity contribution in [2.24, 2.45) is 0 Å². The van der Waals surface area contributed by atoms with E-state index in [1.165, 1.54) is 0 Å². The molecule has 0 unspecified atom stereocenters. The summed E-state index contributed by atoms with van der Waals surface area (Å²) in [6.07, 6.45) is 5.09. The number of terminal acetylenes is 1. The smallest absolute Gasteiger partial charge is 0.324 e. The fraction of sp³-hybridized carbons (Fsp3) is 0.500. The van der Waals surface area contributed by atoms with Crippen LogP contribution in [0.3, 0.4) is 0 Å². The van der Waals surface area contributed by atoms with Crippen molar-refractivity contribution in [1.82, 2.24) is 15.0 Å². The van der Waals surface area contributed by atoms with Crippen molar-refractivity contribution >= 4 is 11.9 Å². The van der Waals surface area contributed by atoms with Crippen LogP contribution in [0.5, 0.6) is 6.01 Å².